The van der Waals surface area contributed by atoms with Gasteiger partial charge >= 0.3 is 6.18 Å². The zero-order valence-corrected chi connectivity index (χ0v) is 9.41. The van der Waals surface area contributed by atoms with E-state index in [1.807, 2.05) is 0 Å². The minimum atomic E-state index is -4.48. The molecule has 2 N–H and O–H groups in total. The summed E-state index contributed by atoms with van der Waals surface area (Å²) in [5, 5.41) is 5.72. The summed E-state index contributed by atoms with van der Waals surface area (Å²) in [5.74, 6) is -1.15. The van der Waals surface area contributed by atoms with Crippen LogP contribution >= 0.6 is 0 Å². The van der Waals surface area contributed by atoms with E-state index >= 15 is 0 Å². The van der Waals surface area contributed by atoms with Crippen LogP contribution in [-0.2, 0) is 15.8 Å². The zero-order chi connectivity index (χ0) is 14.0. The largest absolute Gasteiger partial charge is 0.416 e. The number of benzene rings is 1. The number of anilines is 1. The summed E-state index contributed by atoms with van der Waals surface area (Å²) in [7, 11) is 0. The molecule has 2 rings (SSSR count). The lowest BCUT2D eigenvalue weighted by Gasteiger charge is -2.09. The summed E-state index contributed by atoms with van der Waals surface area (Å²) in [4.78, 5) is 22.4. The number of carbonyl (C=O) groups excluding carboxylic acids is 2. The van der Waals surface area contributed by atoms with Crippen LogP contribution in [0.25, 0.3) is 0 Å². The second kappa shape index (κ2) is 4.71. The maximum atomic E-state index is 12.5. The predicted octanol–water partition coefficient (Wildman–Crippen LogP) is 1.52. The van der Waals surface area contributed by atoms with E-state index in [2.05, 4.69) is 15.8 Å². The Bertz CT molecular complexity index is 567. The fraction of sp³-hybridized carbons (Fsp3) is 0.182. The highest BCUT2D eigenvalue weighted by Gasteiger charge is 2.30. The molecular weight excluding hydrogens is 263 g/mol. The summed E-state index contributed by atoms with van der Waals surface area (Å²) in [6, 6.07) is 4.20. The van der Waals surface area contributed by atoms with Crippen molar-refractivity contribution in [2.24, 2.45) is 5.10 Å². The lowest BCUT2D eigenvalue weighted by molar-refractivity contribution is -0.137. The number of halogens is 3. The maximum absolute atomic E-state index is 12.5. The maximum Gasteiger partial charge on any atom is 0.416 e. The average molecular weight is 271 g/mol. The van der Waals surface area contributed by atoms with Crippen molar-refractivity contribution in [2.75, 3.05) is 5.32 Å². The van der Waals surface area contributed by atoms with Gasteiger partial charge in [0.1, 0.15) is 5.71 Å². The van der Waals surface area contributed by atoms with Gasteiger partial charge in [-0.05, 0) is 18.2 Å². The van der Waals surface area contributed by atoms with Gasteiger partial charge in [0.25, 0.3) is 5.91 Å². The standard InChI is InChI=1S/C11H8F3N3O2/c12-11(13,14)6-2-1-3-7(4-6)15-10(19)8-5-9(18)17-16-8/h1-4H,5H2,(H,15,19)(H,17,18). The van der Waals surface area contributed by atoms with Crippen molar-refractivity contribution >= 4 is 23.2 Å². The molecular formula is C11H8F3N3O2. The van der Waals surface area contributed by atoms with Crippen LogP contribution in [0.4, 0.5) is 18.9 Å². The van der Waals surface area contributed by atoms with Crippen molar-refractivity contribution in [3.63, 3.8) is 0 Å². The molecule has 0 fully saturated rings. The number of alkyl halides is 3. The van der Waals surface area contributed by atoms with Crippen molar-refractivity contribution in [1.82, 2.24) is 5.43 Å². The molecule has 0 aromatic heterocycles. The number of hydrazone groups is 1. The second-order valence-corrected chi connectivity index (χ2v) is 3.80. The highest BCUT2D eigenvalue weighted by molar-refractivity contribution is 6.46. The molecule has 0 saturated carbocycles. The van der Waals surface area contributed by atoms with E-state index in [1.165, 1.54) is 12.1 Å². The molecule has 2 amide bonds. The fourth-order valence-electron chi connectivity index (χ4n) is 1.47. The van der Waals surface area contributed by atoms with Gasteiger partial charge in [0, 0.05) is 5.69 Å². The highest BCUT2D eigenvalue weighted by Crippen LogP contribution is 2.30. The molecule has 0 saturated heterocycles. The lowest BCUT2D eigenvalue weighted by Crippen LogP contribution is -2.22. The SMILES string of the molecule is O=C1CC(C(=O)Nc2cccc(C(F)(F)F)c2)=NN1. The zero-order valence-electron chi connectivity index (χ0n) is 9.41. The van der Waals surface area contributed by atoms with Crippen molar-refractivity contribution in [2.45, 2.75) is 12.6 Å². The fourth-order valence-corrected chi connectivity index (χ4v) is 1.47. The molecule has 1 aromatic rings. The van der Waals surface area contributed by atoms with Crippen LogP contribution in [0.5, 0.6) is 0 Å². The van der Waals surface area contributed by atoms with E-state index in [0.717, 1.165) is 12.1 Å². The van der Waals surface area contributed by atoms with Gasteiger partial charge in [0.05, 0.1) is 12.0 Å². The highest BCUT2D eigenvalue weighted by atomic mass is 19.4. The Morgan fingerprint density at radius 1 is 1.37 bits per heavy atom. The molecule has 0 unspecified atom stereocenters. The second-order valence-electron chi connectivity index (χ2n) is 3.80. The molecule has 1 heterocycles. The molecule has 1 aliphatic rings. The minimum absolute atomic E-state index is 0.0122. The summed E-state index contributed by atoms with van der Waals surface area (Å²) in [6.45, 7) is 0. The lowest BCUT2D eigenvalue weighted by atomic mass is 10.2. The Morgan fingerprint density at radius 2 is 2.11 bits per heavy atom. The van der Waals surface area contributed by atoms with Gasteiger partial charge in [0.2, 0.25) is 5.91 Å². The third-order valence-corrected chi connectivity index (χ3v) is 2.35. The number of hydrogen-bond acceptors (Lipinski definition) is 3. The van der Waals surface area contributed by atoms with Crippen LogP contribution in [-0.4, -0.2) is 17.5 Å². The van der Waals surface area contributed by atoms with Crippen LogP contribution < -0.4 is 10.7 Å². The van der Waals surface area contributed by atoms with E-state index in [-0.39, 0.29) is 17.8 Å². The molecule has 100 valence electrons. The van der Waals surface area contributed by atoms with Crippen LogP contribution in [0, 0.1) is 0 Å². The van der Waals surface area contributed by atoms with Crippen molar-refractivity contribution in [3.8, 4) is 0 Å². The van der Waals surface area contributed by atoms with Gasteiger partial charge in [-0.15, -0.1) is 0 Å². The molecule has 0 spiro atoms. The first-order valence-corrected chi connectivity index (χ1v) is 5.20. The van der Waals surface area contributed by atoms with Gasteiger partial charge in [-0.2, -0.15) is 18.3 Å². The van der Waals surface area contributed by atoms with Crippen LogP contribution in [0.2, 0.25) is 0 Å². The number of nitrogens with one attached hydrogen (secondary N) is 2. The van der Waals surface area contributed by atoms with E-state index in [9.17, 15) is 22.8 Å². The van der Waals surface area contributed by atoms with Crippen LogP contribution in [0.15, 0.2) is 29.4 Å². The third kappa shape index (κ3) is 3.09. The van der Waals surface area contributed by atoms with E-state index in [0.29, 0.717) is 0 Å². The van der Waals surface area contributed by atoms with Gasteiger partial charge < -0.3 is 5.32 Å². The summed E-state index contributed by atoms with van der Waals surface area (Å²) in [5.41, 5.74) is 1.13. The quantitative estimate of drug-likeness (QED) is 0.856. The molecule has 0 radical (unpaired) electrons. The average Bonchev–Trinajstić information content (AvgIpc) is 2.75. The number of carbonyl (C=O) groups is 2. The predicted molar refractivity (Wildman–Crippen MR) is 60.3 cm³/mol. The molecule has 0 atom stereocenters. The Kier molecular flexibility index (Phi) is 3.24. The van der Waals surface area contributed by atoms with Gasteiger partial charge in [0.15, 0.2) is 0 Å². The summed E-state index contributed by atoms with van der Waals surface area (Å²) >= 11 is 0. The number of rotatable bonds is 2. The smallest absolute Gasteiger partial charge is 0.321 e. The molecule has 1 aliphatic heterocycles. The van der Waals surface area contributed by atoms with E-state index in [1.54, 1.807) is 0 Å². The molecule has 5 nitrogen and oxygen atoms in total. The van der Waals surface area contributed by atoms with Crippen molar-refractivity contribution in [1.29, 1.82) is 0 Å². The Morgan fingerprint density at radius 3 is 2.68 bits per heavy atom. The molecule has 19 heavy (non-hydrogen) atoms. The van der Waals surface area contributed by atoms with Crippen LogP contribution in [0.3, 0.4) is 0 Å². The van der Waals surface area contributed by atoms with Gasteiger partial charge in [-0.3, -0.25) is 9.59 Å². The molecule has 0 aliphatic carbocycles. The molecule has 8 heteroatoms. The first kappa shape index (κ1) is 13.1. The Labute approximate surface area is 105 Å². The van der Waals surface area contributed by atoms with Crippen molar-refractivity contribution < 1.29 is 22.8 Å². The minimum Gasteiger partial charge on any atom is -0.321 e. The normalized spacial score (nSPS) is 14.9. The van der Waals surface area contributed by atoms with E-state index in [4.69, 9.17) is 0 Å². The topological polar surface area (TPSA) is 70.6 Å². The summed E-state index contributed by atoms with van der Waals surface area (Å²) < 4.78 is 37.4. The Hall–Kier alpha value is -2.38. The van der Waals surface area contributed by atoms with Crippen LogP contribution in [0.1, 0.15) is 12.0 Å². The number of amides is 2. The third-order valence-electron chi connectivity index (χ3n) is 2.35. The van der Waals surface area contributed by atoms with E-state index < -0.39 is 23.6 Å². The number of nitrogens with zero attached hydrogens (tertiary/aromatic N) is 1. The number of hydrogen-bond donors (Lipinski definition) is 2. The van der Waals surface area contributed by atoms with Gasteiger partial charge in [-0.25, -0.2) is 5.43 Å². The molecule has 0 bridgehead atoms. The summed E-state index contributed by atoms with van der Waals surface area (Å²) in [6.07, 6.45) is -4.67. The van der Waals surface area contributed by atoms with Crippen molar-refractivity contribution in [3.05, 3.63) is 29.8 Å². The molecule has 1 aromatic carbocycles. The monoisotopic (exact) mass is 271 g/mol. The Balaban J connectivity index is 2.12. The van der Waals surface area contributed by atoms with Gasteiger partial charge in [-0.1, -0.05) is 6.07 Å². The first-order valence-electron chi connectivity index (χ1n) is 5.20. The first-order chi connectivity index (χ1) is 8.86.